The number of nitrogens with one attached hydrogen (secondary N) is 1. The van der Waals surface area contributed by atoms with Crippen molar-refractivity contribution < 1.29 is 24.2 Å². The monoisotopic (exact) mass is 390 g/mol. The van der Waals surface area contributed by atoms with Crippen molar-refractivity contribution in [2.75, 3.05) is 18.0 Å². The molecule has 7 heteroatoms. The Hall–Kier alpha value is -2.57. The second kappa shape index (κ2) is 9.57. The molecule has 0 heterocycles. The Balaban J connectivity index is 1.95. The highest BCUT2D eigenvalue weighted by atomic mass is 16.6. The van der Waals surface area contributed by atoms with Crippen molar-refractivity contribution in [3.8, 4) is 0 Å². The fourth-order valence-corrected chi connectivity index (χ4v) is 3.33. The van der Waals surface area contributed by atoms with Crippen LogP contribution in [0, 0.1) is 5.92 Å². The molecular formula is C21H30N2O5. The molecule has 1 aliphatic rings. The minimum atomic E-state index is -1.01. The van der Waals surface area contributed by atoms with Crippen molar-refractivity contribution in [2.24, 2.45) is 5.92 Å². The zero-order chi connectivity index (χ0) is 20.7. The molecule has 2 rings (SSSR count). The van der Waals surface area contributed by atoms with Gasteiger partial charge in [0, 0.05) is 30.8 Å². The maximum absolute atomic E-state index is 12.4. The smallest absolute Gasteiger partial charge is 0.411 e. The number of anilines is 1. The molecule has 2 amide bonds. The Morgan fingerprint density at radius 1 is 1.21 bits per heavy atom. The molecule has 154 valence electrons. The number of amides is 2. The molecule has 7 nitrogen and oxygen atoms in total. The predicted octanol–water partition coefficient (Wildman–Crippen LogP) is 4.46. The van der Waals surface area contributed by atoms with Gasteiger partial charge in [0.2, 0.25) is 0 Å². The van der Waals surface area contributed by atoms with Gasteiger partial charge in [0.25, 0.3) is 0 Å². The fourth-order valence-electron chi connectivity index (χ4n) is 3.33. The number of carboxylic acid groups (broad SMARTS) is 1. The van der Waals surface area contributed by atoms with E-state index in [2.05, 4.69) is 5.32 Å². The van der Waals surface area contributed by atoms with Gasteiger partial charge in [-0.2, -0.15) is 0 Å². The summed E-state index contributed by atoms with van der Waals surface area (Å²) < 4.78 is 5.13. The lowest BCUT2D eigenvalue weighted by molar-refractivity contribution is 0.0527. The zero-order valence-corrected chi connectivity index (χ0v) is 16.9. The van der Waals surface area contributed by atoms with Crippen molar-refractivity contribution in [1.29, 1.82) is 0 Å². The van der Waals surface area contributed by atoms with Crippen LogP contribution in [-0.4, -0.2) is 41.8 Å². The van der Waals surface area contributed by atoms with E-state index < -0.39 is 17.8 Å². The van der Waals surface area contributed by atoms with Crippen LogP contribution in [0.3, 0.4) is 0 Å². The van der Waals surface area contributed by atoms with Gasteiger partial charge in [0.1, 0.15) is 5.60 Å². The second-order valence-electron chi connectivity index (χ2n) is 8.20. The molecule has 28 heavy (non-hydrogen) atoms. The van der Waals surface area contributed by atoms with E-state index in [0.29, 0.717) is 23.7 Å². The highest BCUT2D eigenvalue weighted by molar-refractivity contribution is 5.98. The average molecular weight is 390 g/mol. The molecule has 0 atom stereocenters. The van der Waals surface area contributed by atoms with Crippen molar-refractivity contribution in [1.82, 2.24) is 5.32 Å². The number of ether oxygens (including phenoxy) is 1. The van der Waals surface area contributed by atoms with Crippen LogP contribution < -0.4 is 10.2 Å². The first-order valence-electron chi connectivity index (χ1n) is 9.76. The number of nitrogens with zero attached hydrogens (tertiary/aromatic N) is 1. The summed E-state index contributed by atoms with van der Waals surface area (Å²) in [6, 6.07) is 6.67. The molecule has 0 aliphatic heterocycles. The first kappa shape index (κ1) is 21.7. The molecule has 1 aromatic rings. The first-order valence-corrected chi connectivity index (χ1v) is 9.76. The van der Waals surface area contributed by atoms with Crippen LogP contribution >= 0.6 is 0 Å². The van der Waals surface area contributed by atoms with E-state index in [1.54, 1.807) is 45.0 Å². The Morgan fingerprint density at radius 2 is 1.89 bits per heavy atom. The molecule has 1 aliphatic carbocycles. The lowest BCUT2D eigenvalue weighted by Crippen LogP contribution is -2.34. The van der Waals surface area contributed by atoms with E-state index in [9.17, 15) is 19.5 Å². The van der Waals surface area contributed by atoms with E-state index in [1.807, 2.05) is 0 Å². The third kappa shape index (κ3) is 6.87. The van der Waals surface area contributed by atoms with Crippen LogP contribution in [0.25, 0.3) is 0 Å². The van der Waals surface area contributed by atoms with Gasteiger partial charge in [-0.05, 0) is 51.7 Å². The first-order chi connectivity index (χ1) is 13.2. The van der Waals surface area contributed by atoms with Gasteiger partial charge in [-0.15, -0.1) is 0 Å². The number of carbonyl (C=O) groups is 3. The third-order valence-electron chi connectivity index (χ3n) is 4.65. The Bertz CT molecular complexity index is 705. The van der Waals surface area contributed by atoms with Crippen LogP contribution in [0.15, 0.2) is 24.3 Å². The lowest BCUT2D eigenvalue weighted by Gasteiger charge is -2.23. The molecule has 0 radical (unpaired) electrons. The fraction of sp³-hybridized carbons (Fsp3) is 0.571. The van der Waals surface area contributed by atoms with Gasteiger partial charge in [-0.25, -0.2) is 9.59 Å². The van der Waals surface area contributed by atoms with Crippen LogP contribution in [0.2, 0.25) is 0 Å². The second-order valence-corrected chi connectivity index (χ2v) is 8.20. The van der Waals surface area contributed by atoms with Crippen molar-refractivity contribution in [3.63, 3.8) is 0 Å². The number of Topliss-reactive ketones (excluding diaryl/α,β-unsaturated/α-hetero) is 1. The highest BCUT2D eigenvalue weighted by Gasteiger charge is 2.23. The van der Waals surface area contributed by atoms with E-state index in [-0.39, 0.29) is 18.7 Å². The maximum Gasteiger partial charge on any atom is 0.411 e. The topological polar surface area (TPSA) is 95.9 Å². The standard InChI is InChI=1S/C21H30N2O5/c1-21(2,3)28-19(25)22-12-11-18(24)16-9-6-10-17(13-16)23(20(26)27)14-15-7-4-5-8-15/h6,9-10,13,15H,4-5,7-8,11-12,14H2,1-3H3,(H,22,25)(H,26,27). The average Bonchev–Trinajstić information content (AvgIpc) is 3.11. The number of ketones is 1. The van der Waals surface area contributed by atoms with Crippen molar-refractivity contribution >= 4 is 23.7 Å². The molecule has 0 aromatic heterocycles. The largest absolute Gasteiger partial charge is 0.465 e. The number of hydrogen-bond acceptors (Lipinski definition) is 4. The molecule has 2 N–H and O–H groups in total. The van der Waals surface area contributed by atoms with E-state index in [0.717, 1.165) is 25.7 Å². The van der Waals surface area contributed by atoms with Gasteiger partial charge >= 0.3 is 12.2 Å². The van der Waals surface area contributed by atoms with Crippen LogP contribution in [0.1, 0.15) is 63.2 Å². The summed E-state index contributed by atoms with van der Waals surface area (Å²) in [5, 5.41) is 12.1. The van der Waals surface area contributed by atoms with E-state index in [4.69, 9.17) is 4.74 Å². The zero-order valence-electron chi connectivity index (χ0n) is 16.9. The van der Waals surface area contributed by atoms with Gasteiger partial charge in [-0.1, -0.05) is 25.0 Å². The molecule has 1 saturated carbocycles. The quantitative estimate of drug-likeness (QED) is 0.670. The SMILES string of the molecule is CC(C)(C)OC(=O)NCCC(=O)c1cccc(N(CC2CCCC2)C(=O)O)c1. The Kier molecular flexibility index (Phi) is 7.43. The Morgan fingerprint density at radius 3 is 2.50 bits per heavy atom. The van der Waals surface area contributed by atoms with Crippen molar-refractivity contribution in [3.05, 3.63) is 29.8 Å². The summed E-state index contributed by atoms with van der Waals surface area (Å²) in [4.78, 5) is 37.1. The maximum atomic E-state index is 12.4. The van der Waals surface area contributed by atoms with Crippen molar-refractivity contribution in [2.45, 2.75) is 58.5 Å². The number of carbonyl (C=O) groups excluding carboxylic acids is 2. The number of benzene rings is 1. The molecular weight excluding hydrogens is 360 g/mol. The van der Waals surface area contributed by atoms with Crippen LogP contribution in [0.4, 0.5) is 15.3 Å². The molecule has 0 spiro atoms. The molecule has 0 bridgehead atoms. The minimum absolute atomic E-state index is 0.110. The van der Waals surface area contributed by atoms with Crippen LogP contribution in [-0.2, 0) is 4.74 Å². The van der Waals surface area contributed by atoms with Gasteiger partial charge in [0.15, 0.2) is 5.78 Å². The van der Waals surface area contributed by atoms with Crippen LogP contribution in [0.5, 0.6) is 0 Å². The number of rotatable bonds is 7. The Labute approximate surface area is 166 Å². The van der Waals surface area contributed by atoms with E-state index in [1.165, 1.54) is 4.90 Å². The number of alkyl carbamates (subject to hydrolysis) is 1. The van der Waals surface area contributed by atoms with Gasteiger partial charge in [0.05, 0.1) is 0 Å². The lowest BCUT2D eigenvalue weighted by atomic mass is 10.1. The predicted molar refractivity (Wildman–Crippen MR) is 107 cm³/mol. The summed E-state index contributed by atoms with van der Waals surface area (Å²) in [6.45, 7) is 5.91. The summed E-state index contributed by atoms with van der Waals surface area (Å²) in [6.07, 6.45) is 2.89. The number of hydrogen-bond donors (Lipinski definition) is 2. The molecule has 0 unspecified atom stereocenters. The normalized spacial score (nSPS) is 14.5. The van der Waals surface area contributed by atoms with Gasteiger partial charge in [-0.3, -0.25) is 9.69 Å². The van der Waals surface area contributed by atoms with Gasteiger partial charge < -0.3 is 15.2 Å². The molecule has 0 saturated heterocycles. The highest BCUT2D eigenvalue weighted by Crippen LogP contribution is 2.28. The summed E-state index contributed by atoms with van der Waals surface area (Å²) in [7, 11) is 0. The van der Waals surface area contributed by atoms with E-state index >= 15 is 0 Å². The summed E-state index contributed by atoms with van der Waals surface area (Å²) in [5.41, 5.74) is 0.341. The third-order valence-corrected chi connectivity index (χ3v) is 4.65. The minimum Gasteiger partial charge on any atom is -0.465 e. The molecule has 1 aromatic carbocycles. The summed E-state index contributed by atoms with van der Waals surface area (Å²) in [5.74, 6) is 0.206. The summed E-state index contributed by atoms with van der Waals surface area (Å²) >= 11 is 0. The molecule has 1 fully saturated rings.